The molecule has 0 radical (unpaired) electrons. The van der Waals surface area contributed by atoms with Crippen molar-refractivity contribution in [2.75, 3.05) is 32.8 Å². The topological polar surface area (TPSA) is 100 Å². The average Bonchev–Trinajstić information content (AvgIpc) is 3.14. The molecule has 0 spiro atoms. The van der Waals surface area contributed by atoms with Gasteiger partial charge in [0.1, 0.15) is 16.4 Å². The number of amides is 1. The van der Waals surface area contributed by atoms with Gasteiger partial charge in [0.2, 0.25) is 0 Å². The lowest BCUT2D eigenvalue weighted by molar-refractivity contribution is -0.147. The van der Waals surface area contributed by atoms with E-state index in [-0.39, 0.29) is 17.9 Å². The molecule has 0 bridgehead atoms. The summed E-state index contributed by atoms with van der Waals surface area (Å²) in [4.78, 5) is 35.4. The van der Waals surface area contributed by atoms with Crippen molar-refractivity contribution < 1.29 is 33.3 Å². The van der Waals surface area contributed by atoms with Gasteiger partial charge in [-0.15, -0.1) is 11.3 Å². The van der Waals surface area contributed by atoms with Crippen molar-refractivity contribution in [3.8, 4) is 11.5 Å². The zero-order chi connectivity index (χ0) is 19.6. The Morgan fingerprint density at radius 3 is 2.41 bits per heavy atom. The molecule has 1 aromatic carbocycles. The Bertz CT molecular complexity index is 785. The number of hydrogen-bond acceptors (Lipinski definition) is 8. The minimum absolute atomic E-state index is 0.00876. The van der Waals surface area contributed by atoms with E-state index in [2.05, 4.69) is 10.1 Å². The van der Waals surface area contributed by atoms with E-state index in [1.54, 1.807) is 42.8 Å². The van der Waals surface area contributed by atoms with Crippen molar-refractivity contribution >= 4 is 34.9 Å². The number of benzene rings is 1. The van der Waals surface area contributed by atoms with Crippen LogP contribution in [0, 0.1) is 0 Å². The zero-order valence-corrected chi connectivity index (χ0v) is 15.7. The smallest absolute Gasteiger partial charge is 0.350 e. The summed E-state index contributed by atoms with van der Waals surface area (Å²) in [6.45, 7) is -0.346. The molecule has 1 amide bonds. The van der Waals surface area contributed by atoms with Crippen LogP contribution in [0.2, 0.25) is 0 Å². The molecule has 2 aromatic rings. The lowest BCUT2D eigenvalue weighted by atomic mass is 10.3. The first kappa shape index (κ1) is 20.2. The molecular formula is C18H19NO7S. The fourth-order valence-corrected chi connectivity index (χ4v) is 2.75. The highest BCUT2D eigenvalue weighted by molar-refractivity contribution is 7.12. The number of thiophene rings is 1. The Kier molecular flexibility index (Phi) is 7.63. The Morgan fingerprint density at radius 1 is 1.04 bits per heavy atom. The number of hydrogen-bond donors (Lipinski definition) is 1. The van der Waals surface area contributed by atoms with Crippen LogP contribution in [0.5, 0.6) is 11.5 Å². The average molecular weight is 393 g/mol. The fourth-order valence-electron chi connectivity index (χ4n) is 1.99. The summed E-state index contributed by atoms with van der Waals surface area (Å²) in [7, 11) is 2.82. The third-order valence-electron chi connectivity index (χ3n) is 3.31. The molecule has 0 fully saturated rings. The van der Waals surface area contributed by atoms with E-state index >= 15 is 0 Å². The van der Waals surface area contributed by atoms with Crippen LogP contribution in [0.15, 0.2) is 35.7 Å². The number of rotatable bonds is 9. The van der Waals surface area contributed by atoms with Crippen LogP contribution in [0.25, 0.3) is 0 Å². The Hall–Kier alpha value is -3.07. The van der Waals surface area contributed by atoms with E-state index in [9.17, 15) is 14.4 Å². The highest BCUT2D eigenvalue weighted by atomic mass is 32.1. The number of carbonyl (C=O) groups is 3. The minimum atomic E-state index is -0.572. The third-order valence-corrected chi connectivity index (χ3v) is 4.20. The molecule has 0 atom stereocenters. The van der Waals surface area contributed by atoms with Gasteiger partial charge in [0.05, 0.1) is 32.9 Å². The molecule has 9 heteroatoms. The Balaban J connectivity index is 1.69. The lowest BCUT2D eigenvalue weighted by Gasteiger charge is -2.08. The lowest BCUT2D eigenvalue weighted by Crippen LogP contribution is -2.22. The van der Waals surface area contributed by atoms with Gasteiger partial charge in [0.15, 0.2) is 6.61 Å². The molecule has 2 rings (SSSR count). The number of nitrogens with one attached hydrogen (secondary N) is 1. The number of carbonyl (C=O) groups excluding carboxylic acids is 3. The van der Waals surface area contributed by atoms with E-state index < -0.39 is 24.5 Å². The monoisotopic (exact) mass is 393 g/mol. The first-order valence-electron chi connectivity index (χ1n) is 7.91. The van der Waals surface area contributed by atoms with E-state index in [0.717, 1.165) is 11.3 Å². The Labute approximate surface area is 160 Å². The highest BCUT2D eigenvalue weighted by Gasteiger charge is 2.16. The molecule has 144 valence electrons. The van der Waals surface area contributed by atoms with E-state index in [1.165, 1.54) is 7.11 Å². The molecule has 0 aliphatic carbocycles. The van der Waals surface area contributed by atoms with Gasteiger partial charge in [-0.25, -0.2) is 4.79 Å². The second-order valence-corrected chi connectivity index (χ2v) is 6.05. The fraction of sp³-hybridized carbons (Fsp3) is 0.278. The van der Waals surface area contributed by atoms with Crippen LogP contribution in [-0.2, 0) is 19.1 Å². The first-order valence-corrected chi connectivity index (χ1v) is 8.79. The maximum atomic E-state index is 11.9. The van der Waals surface area contributed by atoms with E-state index in [0.29, 0.717) is 17.2 Å². The van der Waals surface area contributed by atoms with Crippen LogP contribution in [0.3, 0.4) is 0 Å². The standard InChI is InChI=1S/C18H19NO7S/c1-23-12-3-5-13(6-4-12)25-9-7-16(21)26-11-15(20)19-14-8-10-27-17(14)18(22)24-2/h3-6,8,10H,7,9,11H2,1-2H3,(H,19,20). The number of methoxy groups -OCH3 is 2. The molecule has 0 saturated carbocycles. The zero-order valence-electron chi connectivity index (χ0n) is 14.9. The summed E-state index contributed by atoms with van der Waals surface area (Å²) < 4.78 is 20.0. The van der Waals surface area contributed by atoms with E-state index in [4.69, 9.17) is 14.2 Å². The second-order valence-electron chi connectivity index (χ2n) is 5.14. The van der Waals surface area contributed by atoms with Crippen molar-refractivity contribution in [2.45, 2.75) is 6.42 Å². The van der Waals surface area contributed by atoms with Crippen LogP contribution < -0.4 is 14.8 Å². The number of esters is 2. The van der Waals surface area contributed by atoms with Crippen molar-refractivity contribution in [2.24, 2.45) is 0 Å². The van der Waals surface area contributed by atoms with Gasteiger partial charge in [0.25, 0.3) is 5.91 Å². The molecule has 1 aromatic heterocycles. The summed E-state index contributed by atoms with van der Waals surface area (Å²) in [6, 6.07) is 8.49. The maximum Gasteiger partial charge on any atom is 0.350 e. The van der Waals surface area contributed by atoms with Crippen molar-refractivity contribution in [1.29, 1.82) is 0 Å². The molecule has 0 aliphatic rings. The molecule has 0 saturated heterocycles. The molecule has 1 heterocycles. The maximum absolute atomic E-state index is 11.9. The van der Waals surface area contributed by atoms with Crippen molar-refractivity contribution in [3.05, 3.63) is 40.6 Å². The summed E-state index contributed by atoms with van der Waals surface area (Å²) in [5.74, 6) is -0.379. The molecule has 8 nitrogen and oxygen atoms in total. The number of anilines is 1. The second kappa shape index (κ2) is 10.2. The van der Waals surface area contributed by atoms with Gasteiger partial charge in [-0.1, -0.05) is 0 Å². The van der Waals surface area contributed by atoms with Gasteiger partial charge in [-0.3, -0.25) is 9.59 Å². The third kappa shape index (κ3) is 6.30. The molecule has 1 N–H and O–H groups in total. The largest absolute Gasteiger partial charge is 0.497 e. The van der Waals surface area contributed by atoms with Gasteiger partial charge in [-0.2, -0.15) is 0 Å². The first-order chi connectivity index (χ1) is 13.0. The summed E-state index contributed by atoms with van der Waals surface area (Å²) in [5.41, 5.74) is 0.315. The quantitative estimate of drug-likeness (QED) is 0.653. The molecule has 27 heavy (non-hydrogen) atoms. The van der Waals surface area contributed by atoms with Crippen LogP contribution >= 0.6 is 11.3 Å². The Morgan fingerprint density at radius 2 is 1.74 bits per heavy atom. The predicted molar refractivity (Wildman–Crippen MR) is 98.4 cm³/mol. The molecular weight excluding hydrogens is 374 g/mol. The van der Waals surface area contributed by atoms with Crippen LogP contribution in [0.1, 0.15) is 16.1 Å². The van der Waals surface area contributed by atoms with Crippen molar-refractivity contribution in [3.63, 3.8) is 0 Å². The van der Waals surface area contributed by atoms with Gasteiger partial charge in [0, 0.05) is 0 Å². The predicted octanol–water partition coefficient (Wildman–Crippen LogP) is 2.49. The summed E-state index contributed by atoms with van der Waals surface area (Å²) >= 11 is 1.14. The van der Waals surface area contributed by atoms with E-state index in [1.807, 2.05) is 0 Å². The molecule has 0 aliphatic heterocycles. The minimum Gasteiger partial charge on any atom is -0.497 e. The normalized spacial score (nSPS) is 10.0. The van der Waals surface area contributed by atoms with Crippen LogP contribution in [0.4, 0.5) is 5.69 Å². The molecule has 0 unspecified atom stereocenters. The van der Waals surface area contributed by atoms with Gasteiger partial charge in [-0.05, 0) is 35.7 Å². The SMILES string of the molecule is COC(=O)c1sccc1NC(=O)COC(=O)CCOc1ccc(OC)cc1. The van der Waals surface area contributed by atoms with Crippen LogP contribution in [-0.4, -0.2) is 45.3 Å². The highest BCUT2D eigenvalue weighted by Crippen LogP contribution is 2.23. The summed E-state index contributed by atoms with van der Waals surface area (Å²) in [5, 5.41) is 4.15. The number of ether oxygens (including phenoxy) is 4. The van der Waals surface area contributed by atoms with Gasteiger partial charge < -0.3 is 24.3 Å². The van der Waals surface area contributed by atoms with Gasteiger partial charge >= 0.3 is 11.9 Å². The van der Waals surface area contributed by atoms with Crippen molar-refractivity contribution in [1.82, 2.24) is 0 Å². The summed E-state index contributed by atoms with van der Waals surface area (Å²) in [6.07, 6.45) is -0.00876.